The Morgan fingerprint density at radius 2 is 2.10 bits per heavy atom. The fourth-order valence-electron chi connectivity index (χ4n) is 1.87. The van der Waals surface area contributed by atoms with Crippen LogP contribution < -0.4 is 4.74 Å². The lowest BCUT2D eigenvalue weighted by molar-refractivity contribution is 0.342. The smallest absolute Gasteiger partial charge is 0.227 e. The molecule has 2 atom stereocenters. The van der Waals surface area contributed by atoms with E-state index in [4.69, 9.17) is 4.74 Å². The molecule has 1 aromatic rings. The highest BCUT2D eigenvalue weighted by molar-refractivity contribution is 9.10. The second kappa shape index (κ2) is 7.11. The van der Waals surface area contributed by atoms with Crippen LogP contribution in [0.1, 0.15) is 46.2 Å². The first-order valence-electron chi connectivity index (χ1n) is 6.60. The molecule has 0 spiro atoms. The van der Waals surface area contributed by atoms with Crippen molar-refractivity contribution in [2.45, 2.75) is 45.4 Å². The third kappa shape index (κ3) is 4.10. The number of nitrogens with zero attached hydrogens (tertiary/aromatic N) is 2. The van der Waals surface area contributed by atoms with Crippen LogP contribution in [0.15, 0.2) is 16.7 Å². The first-order chi connectivity index (χ1) is 9.22. The molecule has 6 heteroatoms. The van der Waals surface area contributed by atoms with Crippen LogP contribution in [0.3, 0.4) is 0 Å². The van der Waals surface area contributed by atoms with Gasteiger partial charge in [-0.15, -0.1) is 4.31 Å². The third-order valence-electron chi connectivity index (χ3n) is 2.98. The van der Waals surface area contributed by atoms with Gasteiger partial charge in [-0.2, -0.15) is 0 Å². The Labute approximate surface area is 133 Å². The van der Waals surface area contributed by atoms with Gasteiger partial charge in [-0.3, -0.25) is 0 Å². The summed E-state index contributed by atoms with van der Waals surface area (Å²) in [6, 6.07) is 1.99. The van der Waals surface area contributed by atoms with E-state index < -0.39 is 11.4 Å². The van der Waals surface area contributed by atoms with Crippen molar-refractivity contribution >= 4 is 27.3 Å². The van der Waals surface area contributed by atoms with Crippen molar-refractivity contribution in [1.29, 1.82) is 0 Å². The third-order valence-corrected chi connectivity index (χ3v) is 5.60. The molecule has 1 heterocycles. The molecule has 0 radical (unpaired) electrons. The van der Waals surface area contributed by atoms with Crippen LogP contribution in [-0.4, -0.2) is 32.2 Å². The lowest BCUT2D eigenvalue weighted by atomic mass is 10.1. The average Bonchev–Trinajstić information content (AvgIpc) is 2.38. The molecule has 0 saturated heterocycles. The first kappa shape index (κ1) is 17.8. The van der Waals surface area contributed by atoms with E-state index in [1.54, 1.807) is 13.3 Å². The molecule has 0 aliphatic rings. The van der Waals surface area contributed by atoms with Gasteiger partial charge in [0.2, 0.25) is 5.88 Å². The van der Waals surface area contributed by atoms with Crippen LogP contribution in [0.25, 0.3) is 0 Å². The molecule has 0 aromatic carbocycles. The summed E-state index contributed by atoms with van der Waals surface area (Å²) in [5, 5.41) is 0. The molecular formula is C14H23BrN2O2S. The lowest BCUT2D eigenvalue weighted by Crippen LogP contribution is -2.44. The van der Waals surface area contributed by atoms with Gasteiger partial charge in [0.15, 0.2) is 0 Å². The second-order valence-electron chi connectivity index (χ2n) is 5.53. The monoisotopic (exact) mass is 362 g/mol. The second-order valence-corrected chi connectivity index (χ2v) is 8.58. The number of ether oxygens (including phenoxy) is 1. The van der Waals surface area contributed by atoms with E-state index in [1.165, 1.54) is 0 Å². The van der Waals surface area contributed by atoms with Crippen molar-refractivity contribution in [3.63, 3.8) is 0 Å². The minimum absolute atomic E-state index is 0.0229. The van der Waals surface area contributed by atoms with Crippen LogP contribution in [0.5, 0.6) is 5.88 Å². The van der Waals surface area contributed by atoms with Gasteiger partial charge in [0.25, 0.3) is 0 Å². The highest BCUT2D eigenvalue weighted by atomic mass is 79.9. The molecular weight excluding hydrogens is 340 g/mol. The zero-order valence-corrected chi connectivity index (χ0v) is 15.3. The Hall–Kier alpha value is -0.300. The van der Waals surface area contributed by atoms with E-state index >= 15 is 0 Å². The van der Waals surface area contributed by atoms with E-state index in [0.29, 0.717) is 12.4 Å². The van der Waals surface area contributed by atoms with Crippen molar-refractivity contribution < 1.29 is 9.29 Å². The van der Waals surface area contributed by atoms with Crippen LogP contribution in [0.2, 0.25) is 0 Å². The highest BCUT2D eigenvalue weighted by Gasteiger charge is 2.35. The molecule has 1 aromatic heterocycles. The van der Waals surface area contributed by atoms with Crippen molar-refractivity contribution in [3.8, 4) is 5.88 Å². The van der Waals surface area contributed by atoms with Gasteiger partial charge in [0.05, 0.1) is 17.6 Å². The van der Waals surface area contributed by atoms with E-state index in [-0.39, 0.29) is 10.8 Å². The first-order valence-corrected chi connectivity index (χ1v) is 8.50. The van der Waals surface area contributed by atoms with E-state index in [9.17, 15) is 4.55 Å². The summed E-state index contributed by atoms with van der Waals surface area (Å²) in [6.07, 6.45) is 1.77. The predicted molar refractivity (Wildman–Crippen MR) is 87.2 cm³/mol. The van der Waals surface area contributed by atoms with Gasteiger partial charge < -0.3 is 9.29 Å². The molecule has 0 saturated carbocycles. The van der Waals surface area contributed by atoms with Crippen molar-refractivity contribution in [1.82, 2.24) is 9.29 Å². The maximum absolute atomic E-state index is 12.6. The largest absolute Gasteiger partial charge is 0.597 e. The summed E-state index contributed by atoms with van der Waals surface area (Å²) in [6.45, 7) is 10.7. The number of hydrogen-bond donors (Lipinski definition) is 0. The van der Waals surface area contributed by atoms with Crippen LogP contribution >= 0.6 is 15.9 Å². The maximum Gasteiger partial charge on any atom is 0.227 e. The molecule has 0 aliphatic carbocycles. The highest BCUT2D eigenvalue weighted by Crippen LogP contribution is 2.32. The minimum atomic E-state index is -1.06. The zero-order valence-electron chi connectivity index (χ0n) is 12.9. The van der Waals surface area contributed by atoms with Crippen LogP contribution in [-0.2, 0) is 11.4 Å². The summed E-state index contributed by atoms with van der Waals surface area (Å²) >= 11 is 2.38. The molecule has 0 amide bonds. The normalized spacial score (nSPS) is 15.2. The number of pyridine rings is 1. The number of methoxy groups -OCH3 is 1. The Bertz CT molecular complexity index is 451. The number of halogens is 1. The summed E-state index contributed by atoms with van der Waals surface area (Å²) in [7, 11) is 1.59. The lowest BCUT2D eigenvalue weighted by Gasteiger charge is -2.35. The Morgan fingerprint density at radius 3 is 2.50 bits per heavy atom. The standard InChI is InChI=1S/C14H23BrN2O2S/c1-7-17(20(18)14(3,4)5)10(2)11-8-12(15)13(19-6)16-9-11/h8-10H,7H2,1-6H3. The molecule has 20 heavy (non-hydrogen) atoms. The predicted octanol–water partition coefficient (Wildman–Crippen LogP) is 3.70. The Morgan fingerprint density at radius 1 is 1.50 bits per heavy atom. The van der Waals surface area contributed by atoms with Gasteiger partial charge in [-0.25, -0.2) is 4.98 Å². The Kier molecular flexibility index (Phi) is 6.31. The van der Waals surface area contributed by atoms with E-state index in [2.05, 4.69) is 20.9 Å². The van der Waals surface area contributed by atoms with E-state index in [0.717, 1.165) is 10.0 Å². The number of hydrogen-bond acceptors (Lipinski definition) is 4. The molecule has 0 aliphatic heterocycles. The molecule has 4 nitrogen and oxygen atoms in total. The summed E-state index contributed by atoms with van der Waals surface area (Å²) in [4.78, 5) is 4.26. The summed E-state index contributed by atoms with van der Waals surface area (Å²) in [5.74, 6) is 0.556. The topological polar surface area (TPSA) is 48.4 Å². The van der Waals surface area contributed by atoms with Gasteiger partial charge in [-0.05, 0) is 62.2 Å². The van der Waals surface area contributed by atoms with Gasteiger partial charge in [-0.1, -0.05) is 0 Å². The zero-order chi connectivity index (χ0) is 15.5. The van der Waals surface area contributed by atoms with E-state index in [1.807, 2.05) is 45.0 Å². The van der Waals surface area contributed by atoms with Crippen molar-refractivity contribution in [2.75, 3.05) is 13.7 Å². The van der Waals surface area contributed by atoms with Gasteiger partial charge in [0.1, 0.15) is 4.75 Å². The summed E-state index contributed by atoms with van der Waals surface area (Å²) in [5.41, 5.74) is 1.01. The van der Waals surface area contributed by atoms with Crippen molar-refractivity contribution in [3.05, 3.63) is 22.3 Å². The fraction of sp³-hybridized carbons (Fsp3) is 0.643. The number of rotatable bonds is 5. The SMILES string of the molecule is CCN(C(C)c1cnc(OC)c(Br)c1)[S+]([O-])C(C)(C)C. The molecule has 0 bridgehead atoms. The molecule has 0 N–H and O–H groups in total. The van der Waals surface area contributed by atoms with Crippen LogP contribution in [0, 0.1) is 0 Å². The van der Waals surface area contributed by atoms with Gasteiger partial charge in [0, 0.05) is 24.1 Å². The van der Waals surface area contributed by atoms with Gasteiger partial charge >= 0.3 is 0 Å². The molecule has 114 valence electrons. The van der Waals surface area contributed by atoms with Crippen LogP contribution in [0.4, 0.5) is 0 Å². The Balaban J connectivity index is 3.02. The molecule has 2 unspecified atom stereocenters. The maximum atomic E-state index is 12.6. The average molecular weight is 363 g/mol. The minimum Gasteiger partial charge on any atom is -0.597 e. The molecule has 1 rings (SSSR count). The molecule has 0 fully saturated rings. The number of aromatic nitrogens is 1. The fourth-order valence-corrected chi connectivity index (χ4v) is 3.75. The quantitative estimate of drug-likeness (QED) is 0.749. The summed E-state index contributed by atoms with van der Waals surface area (Å²) < 4.78 is 20.2. The van der Waals surface area contributed by atoms with Crippen molar-refractivity contribution in [2.24, 2.45) is 0 Å².